The quantitative estimate of drug-likeness (QED) is 0.649. The van der Waals surface area contributed by atoms with Crippen molar-refractivity contribution >= 4 is 11.4 Å². The van der Waals surface area contributed by atoms with E-state index in [1.54, 1.807) is 6.07 Å². The van der Waals surface area contributed by atoms with Crippen molar-refractivity contribution in [3.63, 3.8) is 0 Å². The Kier molecular flexibility index (Phi) is 4.53. The lowest BCUT2D eigenvalue weighted by Crippen LogP contribution is -2.23. The SMILES string of the molecule is N#Cc1ccc(NCC2CCC(O)CC2)cc1[N+](=O)[O-]. The number of aliphatic hydroxyl groups excluding tert-OH is 1. The lowest BCUT2D eigenvalue weighted by Gasteiger charge is -2.25. The molecule has 2 N–H and O–H groups in total. The normalized spacial score (nSPS) is 22.0. The van der Waals surface area contributed by atoms with Gasteiger partial charge >= 0.3 is 0 Å². The van der Waals surface area contributed by atoms with Crippen molar-refractivity contribution in [2.75, 3.05) is 11.9 Å². The Morgan fingerprint density at radius 3 is 2.70 bits per heavy atom. The highest BCUT2D eigenvalue weighted by Crippen LogP contribution is 2.26. The number of anilines is 1. The largest absolute Gasteiger partial charge is 0.393 e. The number of aliphatic hydroxyl groups is 1. The van der Waals surface area contributed by atoms with Gasteiger partial charge in [0, 0.05) is 18.3 Å². The van der Waals surface area contributed by atoms with Crippen LogP contribution in [0, 0.1) is 27.4 Å². The number of nitrogens with zero attached hydrogens (tertiary/aromatic N) is 2. The molecule has 0 radical (unpaired) electrons. The molecule has 1 aliphatic rings. The van der Waals surface area contributed by atoms with E-state index in [9.17, 15) is 15.2 Å². The Morgan fingerprint density at radius 1 is 1.40 bits per heavy atom. The van der Waals surface area contributed by atoms with Crippen molar-refractivity contribution < 1.29 is 10.0 Å². The van der Waals surface area contributed by atoms with E-state index in [1.165, 1.54) is 12.1 Å². The third-order valence-electron chi connectivity index (χ3n) is 3.73. The van der Waals surface area contributed by atoms with Gasteiger partial charge in [-0.3, -0.25) is 10.1 Å². The van der Waals surface area contributed by atoms with Crippen molar-refractivity contribution in [2.24, 2.45) is 5.92 Å². The predicted octanol–water partition coefficient (Wildman–Crippen LogP) is 2.43. The lowest BCUT2D eigenvalue weighted by atomic mass is 9.87. The molecule has 6 heteroatoms. The molecule has 0 aromatic heterocycles. The predicted molar refractivity (Wildman–Crippen MR) is 74.3 cm³/mol. The zero-order valence-corrected chi connectivity index (χ0v) is 11.1. The number of hydrogen-bond donors (Lipinski definition) is 2. The smallest absolute Gasteiger partial charge is 0.289 e. The summed E-state index contributed by atoms with van der Waals surface area (Å²) in [4.78, 5) is 10.3. The fraction of sp³-hybridized carbons (Fsp3) is 0.500. The minimum atomic E-state index is -0.541. The summed E-state index contributed by atoms with van der Waals surface area (Å²) in [6, 6.07) is 6.36. The molecule has 6 nitrogen and oxygen atoms in total. The monoisotopic (exact) mass is 275 g/mol. The van der Waals surface area contributed by atoms with Gasteiger partial charge in [0.05, 0.1) is 11.0 Å². The van der Waals surface area contributed by atoms with Gasteiger partial charge in [-0.05, 0) is 43.7 Å². The average molecular weight is 275 g/mol. The first-order chi connectivity index (χ1) is 9.60. The average Bonchev–Trinajstić information content (AvgIpc) is 2.46. The first-order valence-corrected chi connectivity index (χ1v) is 6.70. The van der Waals surface area contributed by atoms with Crippen LogP contribution in [0.5, 0.6) is 0 Å². The van der Waals surface area contributed by atoms with Crippen LogP contribution in [0.2, 0.25) is 0 Å². The highest BCUT2D eigenvalue weighted by molar-refractivity contribution is 5.59. The van der Waals surface area contributed by atoms with Gasteiger partial charge in [-0.15, -0.1) is 0 Å². The standard InChI is InChI=1S/C14H17N3O3/c15-8-11-3-4-12(7-14(11)17(19)20)16-9-10-1-5-13(18)6-2-10/h3-4,7,10,13,16,18H,1-2,5-6,9H2. The first-order valence-electron chi connectivity index (χ1n) is 6.70. The zero-order valence-electron chi connectivity index (χ0n) is 11.1. The fourth-order valence-electron chi connectivity index (χ4n) is 2.50. The Labute approximate surface area is 117 Å². The summed E-state index contributed by atoms with van der Waals surface area (Å²) in [5, 5.41) is 32.3. The minimum absolute atomic E-state index is 0.0707. The number of nitro benzene ring substituents is 1. The van der Waals surface area contributed by atoms with Gasteiger partial charge in [-0.1, -0.05) is 0 Å². The van der Waals surface area contributed by atoms with E-state index in [1.807, 2.05) is 6.07 Å². The van der Waals surface area contributed by atoms with Gasteiger partial charge in [0.2, 0.25) is 0 Å². The van der Waals surface area contributed by atoms with Gasteiger partial charge in [0.15, 0.2) is 0 Å². The van der Waals surface area contributed by atoms with Crippen molar-refractivity contribution in [2.45, 2.75) is 31.8 Å². The second-order valence-electron chi connectivity index (χ2n) is 5.16. The second kappa shape index (κ2) is 6.35. The molecule has 1 aromatic rings. The summed E-state index contributed by atoms with van der Waals surface area (Å²) in [6.45, 7) is 0.732. The van der Waals surface area contributed by atoms with E-state index in [2.05, 4.69) is 5.32 Å². The number of rotatable bonds is 4. The van der Waals surface area contributed by atoms with Gasteiger partial charge in [-0.25, -0.2) is 0 Å². The van der Waals surface area contributed by atoms with Crippen LogP contribution in [0.1, 0.15) is 31.2 Å². The molecule has 1 aliphatic carbocycles. The second-order valence-corrected chi connectivity index (χ2v) is 5.16. The summed E-state index contributed by atoms with van der Waals surface area (Å²) >= 11 is 0. The van der Waals surface area contributed by atoms with Crippen molar-refractivity contribution in [3.05, 3.63) is 33.9 Å². The maximum atomic E-state index is 10.9. The maximum absolute atomic E-state index is 10.9. The van der Waals surface area contributed by atoms with Crippen LogP contribution in [0.15, 0.2) is 18.2 Å². The first kappa shape index (κ1) is 14.3. The third-order valence-corrected chi connectivity index (χ3v) is 3.73. The number of nitrogens with one attached hydrogen (secondary N) is 1. The number of nitro groups is 1. The lowest BCUT2D eigenvalue weighted by molar-refractivity contribution is -0.385. The van der Waals surface area contributed by atoms with Crippen LogP contribution in [0.25, 0.3) is 0 Å². The zero-order chi connectivity index (χ0) is 14.5. The van der Waals surface area contributed by atoms with Crippen LogP contribution in [-0.2, 0) is 0 Å². The van der Waals surface area contributed by atoms with E-state index in [0.29, 0.717) is 11.6 Å². The molecule has 0 atom stereocenters. The summed E-state index contributed by atoms with van der Waals surface area (Å²) in [6.07, 6.45) is 3.39. The number of benzene rings is 1. The summed E-state index contributed by atoms with van der Waals surface area (Å²) < 4.78 is 0. The molecule has 0 amide bonds. The highest BCUT2D eigenvalue weighted by Gasteiger charge is 2.19. The molecule has 0 saturated heterocycles. The number of nitriles is 1. The van der Waals surface area contributed by atoms with Crippen LogP contribution < -0.4 is 5.32 Å². The van der Waals surface area contributed by atoms with E-state index in [4.69, 9.17) is 5.26 Å². The molecule has 1 aromatic carbocycles. The van der Waals surface area contributed by atoms with Crippen molar-refractivity contribution in [1.82, 2.24) is 0 Å². The molecular weight excluding hydrogens is 258 g/mol. The Bertz CT molecular complexity index is 531. The Balaban J connectivity index is 1.98. The van der Waals surface area contributed by atoms with E-state index in [-0.39, 0.29) is 17.4 Å². The highest BCUT2D eigenvalue weighted by atomic mass is 16.6. The van der Waals surface area contributed by atoms with Gasteiger partial charge in [-0.2, -0.15) is 5.26 Å². The molecule has 20 heavy (non-hydrogen) atoms. The van der Waals surface area contributed by atoms with Crippen molar-refractivity contribution in [1.29, 1.82) is 5.26 Å². The third kappa shape index (κ3) is 3.45. The summed E-state index contributed by atoms with van der Waals surface area (Å²) in [7, 11) is 0. The van der Waals surface area contributed by atoms with Crippen LogP contribution in [-0.4, -0.2) is 22.7 Å². The molecule has 0 heterocycles. The molecule has 0 unspecified atom stereocenters. The molecule has 106 valence electrons. The Hall–Kier alpha value is -2.13. The van der Waals surface area contributed by atoms with E-state index >= 15 is 0 Å². The summed E-state index contributed by atoms with van der Waals surface area (Å²) in [5.41, 5.74) is 0.555. The number of hydrogen-bond acceptors (Lipinski definition) is 5. The molecule has 1 fully saturated rings. The van der Waals surface area contributed by atoms with E-state index < -0.39 is 4.92 Å². The molecule has 2 rings (SSSR count). The van der Waals surface area contributed by atoms with Gasteiger partial charge in [0.25, 0.3) is 5.69 Å². The Morgan fingerprint density at radius 2 is 2.10 bits per heavy atom. The molecular formula is C14H17N3O3. The molecule has 1 saturated carbocycles. The maximum Gasteiger partial charge on any atom is 0.289 e. The van der Waals surface area contributed by atoms with Crippen LogP contribution in [0.4, 0.5) is 11.4 Å². The van der Waals surface area contributed by atoms with Crippen LogP contribution >= 0.6 is 0 Å². The molecule has 0 aliphatic heterocycles. The van der Waals surface area contributed by atoms with Crippen LogP contribution in [0.3, 0.4) is 0 Å². The topological polar surface area (TPSA) is 99.2 Å². The van der Waals surface area contributed by atoms with Crippen molar-refractivity contribution in [3.8, 4) is 6.07 Å². The van der Waals surface area contributed by atoms with Gasteiger partial charge in [0.1, 0.15) is 11.6 Å². The summed E-state index contributed by atoms with van der Waals surface area (Å²) in [5.74, 6) is 0.480. The minimum Gasteiger partial charge on any atom is -0.393 e. The molecule has 0 bridgehead atoms. The fourth-order valence-corrected chi connectivity index (χ4v) is 2.50. The molecule has 0 spiro atoms. The van der Waals surface area contributed by atoms with E-state index in [0.717, 1.165) is 32.2 Å². The van der Waals surface area contributed by atoms with Gasteiger partial charge < -0.3 is 10.4 Å².